The molecule has 0 spiro atoms. The number of azide groups is 2. The first kappa shape index (κ1) is 15.5. The molecule has 0 aliphatic heterocycles. The number of fused-ring (bicyclic) bond motifs is 1. The van der Waals surface area contributed by atoms with Gasteiger partial charge in [0.25, 0.3) is 10.1 Å². The summed E-state index contributed by atoms with van der Waals surface area (Å²) >= 11 is 0. The molecule has 0 aromatic heterocycles. The molecule has 1 unspecified atom stereocenters. The number of benzene rings is 1. The molecule has 22 heavy (non-hydrogen) atoms. The summed E-state index contributed by atoms with van der Waals surface area (Å²) in [6.07, 6.45) is 0.713. The minimum atomic E-state index is -4.57. The zero-order valence-electron chi connectivity index (χ0n) is 10.5. The van der Waals surface area contributed by atoms with Crippen LogP contribution in [0.5, 0.6) is 0 Å². The second-order valence-corrected chi connectivity index (χ2v) is 5.55. The van der Waals surface area contributed by atoms with Crippen LogP contribution in [0.2, 0.25) is 0 Å². The van der Waals surface area contributed by atoms with Gasteiger partial charge in [0, 0.05) is 21.0 Å². The number of aliphatic hydroxyl groups is 1. The van der Waals surface area contributed by atoms with Crippen molar-refractivity contribution in [3.63, 3.8) is 0 Å². The molecule has 0 bridgehead atoms. The van der Waals surface area contributed by atoms with E-state index in [1.807, 2.05) is 0 Å². The van der Waals surface area contributed by atoms with Crippen LogP contribution in [0.1, 0.15) is 15.9 Å². The molecule has 0 amide bonds. The molecule has 12 heteroatoms. The van der Waals surface area contributed by atoms with Crippen molar-refractivity contribution in [2.75, 3.05) is 0 Å². The largest absolute Gasteiger partial charge is 0.375 e. The van der Waals surface area contributed by atoms with Gasteiger partial charge in [0.2, 0.25) is 0 Å². The SMILES string of the molecule is [N-]=[N+]=NC1=CC(=O)c2cc(S(=O)(=O)O)ccc2C1(O)N=[N+]=[N-]. The fourth-order valence-corrected chi connectivity index (χ4v) is 2.46. The summed E-state index contributed by atoms with van der Waals surface area (Å²) in [6.45, 7) is 0. The standard InChI is InChI=1S/C10H6N6O5S/c11-15-13-9-4-8(17)6-3-5(22(19,20)21)1-2-7(6)10(9,18)14-16-12/h1-4,18H,(H,19,20,21). The molecule has 1 aromatic rings. The van der Waals surface area contributed by atoms with Gasteiger partial charge in [-0.1, -0.05) is 11.2 Å². The van der Waals surface area contributed by atoms with E-state index >= 15 is 0 Å². The lowest BCUT2D eigenvalue weighted by atomic mass is 9.87. The quantitative estimate of drug-likeness (QED) is 0.370. The van der Waals surface area contributed by atoms with Crippen LogP contribution >= 0.6 is 0 Å². The third kappa shape index (κ3) is 2.39. The average Bonchev–Trinajstić information content (AvgIpc) is 2.44. The Morgan fingerprint density at radius 1 is 1.23 bits per heavy atom. The smallest absolute Gasteiger partial charge is 0.294 e. The van der Waals surface area contributed by atoms with Crippen molar-refractivity contribution in [3.05, 3.63) is 62.0 Å². The Labute approximate surface area is 122 Å². The van der Waals surface area contributed by atoms with Gasteiger partial charge in [0.15, 0.2) is 11.5 Å². The summed E-state index contributed by atoms with van der Waals surface area (Å²) in [4.78, 5) is 16.2. The number of carbonyl (C=O) groups is 1. The van der Waals surface area contributed by atoms with Crippen LogP contribution in [-0.2, 0) is 15.8 Å². The lowest BCUT2D eigenvalue weighted by Crippen LogP contribution is -2.31. The number of rotatable bonds is 3. The molecular weight excluding hydrogens is 316 g/mol. The first-order valence-electron chi connectivity index (χ1n) is 5.46. The molecule has 0 fully saturated rings. The Bertz CT molecular complexity index is 910. The Morgan fingerprint density at radius 3 is 2.45 bits per heavy atom. The van der Waals surface area contributed by atoms with Gasteiger partial charge >= 0.3 is 0 Å². The summed E-state index contributed by atoms with van der Waals surface area (Å²) in [5.74, 6) is -0.791. The Kier molecular flexibility index (Phi) is 3.63. The average molecular weight is 322 g/mol. The highest BCUT2D eigenvalue weighted by Gasteiger charge is 2.40. The first-order chi connectivity index (χ1) is 10.2. The van der Waals surface area contributed by atoms with E-state index in [0.29, 0.717) is 6.08 Å². The van der Waals surface area contributed by atoms with Gasteiger partial charge in [-0.25, -0.2) is 0 Å². The van der Waals surface area contributed by atoms with Crippen molar-refractivity contribution in [2.45, 2.75) is 10.6 Å². The Morgan fingerprint density at radius 2 is 1.91 bits per heavy atom. The number of ketones is 1. The van der Waals surface area contributed by atoms with E-state index in [0.717, 1.165) is 18.2 Å². The summed E-state index contributed by atoms with van der Waals surface area (Å²) in [7, 11) is -4.57. The minimum Gasteiger partial charge on any atom is -0.375 e. The predicted molar refractivity (Wildman–Crippen MR) is 70.9 cm³/mol. The predicted octanol–water partition coefficient (Wildman–Crippen LogP) is 1.78. The molecule has 1 aromatic carbocycles. The lowest BCUT2D eigenvalue weighted by molar-refractivity contribution is 0.0745. The van der Waals surface area contributed by atoms with E-state index in [1.165, 1.54) is 0 Å². The fourth-order valence-electron chi connectivity index (χ4n) is 1.95. The maximum atomic E-state index is 12.0. The Balaban J connectivity index is 2.82. The van der Waals surface area contributed by atoms with E-state index in [9.17, 15) is 18.3 Å². The van der Waals surface area contributed by atoms with Crippen molar-refractivity contribution in [3.8, 4) is 0 Å². The lowest BCUT2D eigenvalue weighted by Gasteiger charge is -2.29. The van der Waals surface area contributed by atoms with Crippen molar-refractivity contribution in [1.82, 2.24) is 0 Å². The highest BCUT2D eigenvalue weighted by molar-refractivity contribution is 7.85. The molecule has 0 heterocycles. The third-order valence-corrected chi connectivity index (χ3v) is 3.75. The minimum absolute atomic E-state index is 0.271. The highest BCUT2D eigenvalue weighted by Crippen LogP contribution is 2.39. The van der Waals surface area contributed by atoms with E-state index < -0.39 is 32.2 Å². The molecule has 0 saturated carbocycles. The zero-order valence-corrected chi connectivity index (χ0v) is 11.3. The summed E-state index contributed by atoms with van der Waals surface area (Å²) in [6, 6.07) is 2.69. The van der Waals surface area contributed by atoms with Crippen molar-refractivity contribution >= 4 is 15.9 Å². The Hall–Kier alpha value is -2.88. The van der Waals surface area contributed by atoms with E-state index in [1.54, 1.807) is 0 Å². The molecule has 2 rings (SSSR count). The topological polar surface area (TPSA) is 189 Å². The summed E-state index contributed by atoms with van der Waals surface area (Å²) in [5, 5.41) is 16.6. The zero-order chi connectivity index (χ0) is 16.5. The van der Waals surface area contributed by atoms with Crippen LogP contribution in [0, 0.1) is 0 Å². The van der Waals surface area contributed by atoms with Crippen LogP contribution in [0.25, 0.3) is 20.9 Å². The number of hydrogen-bond donors (Lipinski definition) is 2. The number of nitrogens with zero attached hydrogens (tertiary/aromatic N) is 6. The molecule has 1 atom stereocenters. The maximum Gasteiger partial charge on any atom is 0.294 e. The second kappa shape index (κ2) is 5.15. The van der Waals surface area contributed by atoms with Gasteiger partial charge in [-0.2, -0.15) is 8.42 Å². The maximum absolute atomic E-state index is 12.0. The number of carbonyl (C=O) groups excluding carboxylic acids is 1. The van der Waals surface area contributed by atoms with Gasteiger partial charge in [0.05, 0.1) is 10.6 Å². The molecule has 0 saturated heterocycles. The normalized spacial score (nSPS) is 20.3. The van der Waals surface area contributed by atoms with Crippen LogP contribution in [0.3, 0.4) is 0 Å². The van der Waals surface area contributed by atoms with E-state index in [-0.39, 0.29) is 11.1 Å². The van der Waals surface area contributed by atoms with Crippen molar-refractivity contribution in [1.29, 1.82) is 0 Å². The summed E-state index contributed by atoms with van der Waals surface area (Å²) < 4.78 is 31.2. The van der Waals surface area contributed by atoms with Gasteiger partial charge in [0.1, 0.15) is 0 Å². The number of allylic oxidation sites excluding steroid dienone is 1. The molecule has 2 N–H and O–H groups in total. The van der Waals surface area contributed by atoms with Gasteiger partial charge < -0.3 is 5.11 Å². The summed E-state index contributed by atoms with van der Waals surface area (Å²) in [5.41, 5.74) is 13.4. The number of hydrogen-bond acceptors (Lipinski definition) is 6. The van der Waals surface area contributed by atoms with Gasteiger partial charge in [-0.15, -0.1) is 0 Å². The fraction of sp³-hybridized carbons (Fsp3) is 0.100. The third-order valence-electron chi connectivity index (χ3n) is 2.90. The monoisotopic (exact) mass is 322 g/mol. The van der Waals surface area contributed by atoms with Crippen molar-refractivity contribution < 1.29 is 22.9 Å². The van der Waals surface area contributed by atoms with Crippen LogP contribution < -0.4 is 0 Å². The highest BCUT2D eigenvalue weighted by atomic mass is 32.2. The molecule has 112 valence electrons. The molecule has 1 aliphatic rings. The molecular formula is C10H6N6O5S. The second-order valence-electron chi connectivity index (χ2n) is 4.13. The molecule has 11 nitrogen and oxygen atoms in total. The van der Waals surface area contributed by atoms with E-state index in [4.69, 9.17) is 15.6 Å². The van der Waals surface area contributed by atoms with Gasteiger partial charge in [-0.3, -0.25) is 9.35 Å². The van der Waals surface area contributed by atoms with E-state index in [2.05, 4.69) is 20.1 Å². The molecule has 0 radical (unpaired) electrons. The van der Waals surface area contributed by atoms with Crippen LogP contribution in [0.15, 0.2) is 45.1 Å². The van der Waals surface area contributed by atoms with Crippen LogP contribution in [-0.4, -0.2) is 23.9 Å². The van der Waals surface area contributed by atoms with Gasteiger partial charge in [-0.05, 0) is 34.4 Å². The first-order valence-corrected chi connectivity index (χ1v) is 6.90. The van der Waals surface area contributed by atoms with Crippen molar-refractivity contribution in [2.24, 2.45) is 10.2 Å². The molecule has 1 aliphatic carbocycles. The van der Waals surface area contributed by atoms with Crippen LogP contribution in [0.4, 0.5) is 0 Å².